The van der Waals surface area contributed by atoms with Crippen molar-refractivity contribution in [1.29, 1.82) is 0 Å². The minimum absolute atomic E-state index is 0.118. The summed E-state index contributed by atoms with van der Waals surface area (Å²) >= 11 is 6.38. The van der Waals surface area contributed by atoms with E-state index < -0.39 is 10.1 Å². The molecule has 8 heteroatoms. The first kappa shape index (κ1) is 22.5. The monoisotopic (exact) mass is 427 g/mol. The highest BCUT2D eigenvalue weighted by Gasteiger charge is 2.12. The van der Waals surface area contributed by atoms with E-state index in [-0.39, 0.29) is 12.3 Å². The Morgan fingerprint density at radius 3 is 2.54 bits per heavy atom. The third kappa shape index (κ3) is 6.67. The maximum atomic E-state index is 10.8. The third-order valence-corrected chi connectivity index (χ3v) is 5.38. The molecular formula is C20H26ClNO5S. The van der Waals surface area contributed by atoms with Gasteiger partial charge in [-0.3, -0.25) is 4.55 Å². The van der Waals surface area contributed by atoms with E-state index in [1.807, 2.05) is 19.1 Å². The number of benzene rings is 2. The summed E-state index contributed by atoms with van der Waals surface area (Å²) in [6, 6.07) is 9.56. The van der Waals surface area contributed by atoms with E-state index in [4.69, 9.17) is 25.6 Å². The molecule has 0 atom stereocenters. The lowest BCUT2D eigenvalue weighted by atomic mass is 10.0. The molecule has 0 heterocycles. The van der Waals surface area contributed by atoms with E-state index in [1.165, 1.54) is 11.1 Å². The van der Waals surface area contributed by atoms with Gasteiger partial charge in [0, 0.05) is 24.7 Å². The van der Waals surface area contributed by atoms with Crippen molar-refractivity contribution in [2.75, 3.05) is 18.9 Å². The predicted molar refractivity (Wildman–Crippen MR) is 111 cm³/mol. The van der Waals surface area contributed by atoms with Crippen LogP contribution in [0.15, 0.2) is 30.3 Å². The van der Waals surface area contributed by atoms with Crippen LogP contribution in [0, 0.1) is 13.8 Å². The fourth-order valence-corrected chi connectivity index (χ4v) is 3.31. The number of halogens is 1. The van der Waals surface area contributed by atoms with Crippen LogP contribution in [-0.4, -0.2) is 31.9 Å². The number of hydrogen-bond acceptors (Lipinski definition) is 5. The molecule has 28 heavy (non-hydrogen) atoms. The van der Waals surface area contributed by atoms with Crippen molar-refractivity contribution in [3.8, 4) is 11.5 Å². The minimum Gasteiger partial charge on any atom is -0.493 e. The van der Waals surface area contributed by atoms with Crippen LogP contribution in [0.4, 0.5) is 0 Å². The van der Waals surface area contributed by atoms with Gasteiger partial charge in [-0.05, 0) is 43.5 Å². The zero-order chi connectivity index (χ0) is 20.7. The van der Waals surface area contributed by atoms with Crippen LogP contribution in [0.2, 0.25) is 5.02 Å². The molecular weight excluding hydrogens is 402 g/mol. The van der Waals surface area contributed by atoms with Crippen LogP contribution in [0.3, 0.4) is 0 Å². The Bertz CT molecular complexity index is 915. The van der Waals surface area contributed by atoms with Crippen LogP contribution in [0.5, 0.6) is 11.5 Å². The summed E-state index contributed by atoms with van der Waals surface area (Å²) < 4.78 is 42.0. The summed E-state index contributed by atoms with van der Waals surface area (Å²) in [5.74, 6) is 0.775. The number of aryl methyl sites for hydroxylation is 1. The molecule has 0 aliphatic carbocycles. The highest BCUT2D eigenvalue weighted by molar-refractivity contribution is 7.85. The first-order valence-corrected chi connectivity index (χ1v) is 11.0. The summed E-state index contributed by atoms with van der Waals surface area (Å²) in [6.07, 6.45) is 0. The third-order valence-electron chi connectivity index (χ3n) is 4.37. The standard InChI is InChI=1S/C20H26ClNO5S/c1-4-26-19-11-20(27-13-16-7-5-6-14(2)15(16)3)18(21)10-17(19)12-22-8-9-28(23,24)25/h5-7,10-11,22H,4,8-9,12-13H2,1-3H3,(H,23,24,25). The van der Waals surface area contributed by atoms with Gasteiger partial charge in [0.15, 0.2) is 0 Å². The Morgan fingerprint density at radius 1 is 1.11 bits per heavy atom. The van der Waals surface area contributed by atoms with Gasteiger partial charge < -0.3 is 14.8 Å². The lowest BCUT2D eigenvalue weighted by Crippen LogP contribution is -2.22. The predicted octanol–water partition coefficient (Wildman–Crippen LogP) is 3.91. The van der Waals surface area contributed by atoms with Gasteiger partial charge in [0.25, 0.3) is 10.1 Å². The molecule has 0 radical (unpaired) electrons. The number of nitrogens with one attached hydrogen (secondary N) is 1. The Kier molecular flexibility index (Phi) is 8.12. The molecule has 154 valence electrons. The highest BCUT2D eigenvalue weighted by Crippen LogP contribution is 2.33. The van der Waals surface area contributed by atoms with Gasteiger partial charge in [0.05, 0.1) is 17.4 Å². The molecule has 0 fully saturated rings. The smallest absolute Gasteiger partial charge is 0.266 e. The Balaban J connectivity index is 2.11. The van der Waals surface area contributed by atoms with E-state index >= 15 is 0 Å². The largest absolute Gasteiger partial charge is 0.493 e. The van der Waals surface area contributed by atoms with E-state index in [1.54, 1.807) is 12.1 Å². The molecule has 0 amide bonds. The molecule has 0 aliphatic rings. The zero-order valence-electron chi connectivity index (χ0n) is 16.3. The topological polar surface area (TPSA) is 84.9 Å². The van der Waals surface area contributed by atoms with E-state index in [0.717, 1.165) is 11.1 Å². The average molecular weight is 428 g/mol. The van der Waals surface area contributed by atoms with Gasteiger partial charge in [-0.15, -0.1) is 0 Å². The highest BCUT2D eigenvalue weighted by atomic mass is 35.5. The molecule has 2 N–H and O–H groups in total. The van der Waals surface area contributed by atoms with Crippen molar-refractivity contribution in [1.82, 2.24) is 5.32 Å². The molecule has 0 bridgehead atoms. The Hall–Kier alpha value is -1.80. The second-order valence-corrected chi connectivity index (χ2v) is 8.41. The van der Waals surface area contributed by atoms with Gasteiger partial charge in [-0.1, -0.05) is 29.8 Å². The number of ether oxygens (including phenoxy) is 2. The molecule has 2 rings (SSSR count). The Labute approximate surface area is 171 Å². The summed E-state index contributed by atoms with van der Waals surface area (Å²) in [7, 11) is -3.99. The number of hydrogen-bond donors (Lipinski definition) is 2. The lowest BCUT2D eigenvalue weighted by molar-refractivity contribution is 0.298. The Morgan fingerprint density at radius 2 is 1.86 bits per heavy atom. The van der Waals surface area contributed by atoms with E-state index in [2.05, 4.69) is 25.2 Å². The molecule has 6 nitrogen and oxygen atoms in total. The van der Waals surface area contributed by atoms with Crippen molar-refractivity contribution >= 4 is 21.7 Å². The summed E-state index contributed by atoms with van der Waals surface area (Å²) in [4.78, 5) is 0. The van der Waals surface area contributed by atoms with Gasteiger partial charge >= 0.3 is 0 Å². The van der Waals surface area contributed by atoms with Crippen LogP contribution >= 0.6 is 11.6 Å². The molecule has 2 aromatic rings. The summed E-state index contributed by atoms with van der Waals surface area (Å²) in [5, 5.41) is 3.40. The van der Waals surface area contributed by atoms with Crippen molar-refractivity contribution < 1.29 is 22.4 Å². The molecule has 0 spiro atoms. The number of rotatable bonds is 10. The normalized spacial score (nSPS) is 11.5. The quantitative estimate of drug-likeness (QED) is 0.441. The average Bonchev–Trinajstić information content (AvgIpc) is 2.62. The fraction of sp³-hybridized carbons (Fsp3) is 0.400. The minimum atomic E-state index is -3.99. The van der Waals surface area contributed by atoms with Gasteiger partial charge in [0.1, 0.15) is 18.1 Å². The molecule has 2 aromatic carbocycles. The second-order valence-electron chi connectivity index (χ2n) is 6.43. The molecule has 0 saturated carbocycles. The SMILES string of the molecule is CCOc1cc(OCc2cccc(C)c2C)c(Cl)cc1CNCCS(=O)(=O)O. The molecule has 0 saturated heterocycles. The summed E-state index contributed by atoms with van der Waals surface area (Å²) in [5.41, 5.74) is 4.25. The second kappa shape index (κ2) is 10.1. The van der Waals surface area contributed by atoms with Gasteiger partial charge in [-0.25, -0.2) is 0 Å². The molecule has 0 aromatic heterocycles. The van der Waals surface area contributed by atoms with E-state index in [0.29, 0.717) is 36.3 Å². The van der Waals surface area contributed by atoms with Crippen LogP contribution in [-0.2, 0) is 23.3 Å². The molecule has 0 aliphatic heterocycles. The van der Waals surface area contributed by atoms with Gasteiger partial charge in [-0.2, -0.15) is 8.42 Å². The lowest BCUT2D eigenvalue weighted by Gasteiger charge is -2.16. The zero-order valence-corrected chi connectivity index (χ0v) is 17.9. The first-order valence-electron chi connectivity index (χ1n) is 9.00. The summed E-state index contributed by atoms with van der Waals surface area (Å²) in [6.45, 7) is 7.32. The van der Waals surface area contributed by atoms with Crippen molar-refractivity contribution in [3.05, 3.63) is 57.6 Å². The maximum Gasteiger partial charge on any atom is 0.266 e. The van der Waals surface area contributed by atoms with Crippen molar-refractivity contribution in [2.24, 2.45) is 0 Å². The van der Waals surface area contributed by atoms with Crippen molar-refractivity contribution in [2.45, 2.75) is 33.9 Å². The van der Waals surface area contributed by atoms with Crippen LogP contribution in [0.25, 0.3) is 0 Å². The van der Waals surface area contributed by atoms with Crippen LogP contribution < -0.4 is 14.8 Å². The first-order chi connectivity index (χ1) is 13.2. The molecule has 0 unspecified atom stereocenters. The van der Waals surface area contributed by atoms with Gasteiger partial charge in [0.2, 0.25) is 0 Å². The van der Waals surface area contributed by atoms with E-state index in [9.17, 15) is 8.42 Å². The maximum absolute atomic E-state index is 10.8. The van der Waals surface area contributed by atoms with Crippen LogP contribution in [0.1, 0.15) is 29.2 Å². The fourth-order valence-electron chi connectivity index (χ4n) is 2.66. The van der Waals surface area contributed by atoms with Crippen molar-refractivity contribution in [3.63, 3.8) is 0 Å².